The highest BCUT2D eigenvalue weighted by Crippen LogP contribution is 2.42. The van der Waals surface area contributed by atoms with Crippen LogP contribution in [0.3, 0.4) is 0 Å². The first-order valence-electron chi connectivity index (χ1n) is 19.3. The molecule has 3 aliphatic carbocycles. The molecule has 2 N–H and O–H groups in total. The molecule has 0 unspecified atom stereocenters. The van der Waals surface area contributed by atoms with E-state index in [-0.39, 0.29) is 41.4 Å². The quantitative estimate of drug-likeness (QED) is 0.229. The van der Waals surface area contributed by atoms with Crippen LogP contribution in [0.5, 0.6) is 0 Å². The van der Waals surface area contributed by atoms with E-state index in [1.54, 1.807) is 57.0 Å². The van der Waals surface area contributed by atoms with Gasteiger partial charge in [0, 0.05) is 30.6 Å². The van der Waals surface area contributed by atoms with Gasteiger partial charge in [-0.1, -0.05) is 6.42 Å². The predicted molar refractivity (Wildman–Crippen MR) is 193 cm³/mol. The Morgan fingerprint density at radius 1 is 0.962 bits per heavy atom. The van der Waals surface area contributed by atoms with Crippen molar-refractivity contribution >= 4 is 40.5 Å². The van der Waals surface area contributed by atoms with Gasteiger partial charge in [0.25, 0.3) is 0 Å². The van der Waals surface area contributed by atoms with Crippen LogP contribution in [-0.2, 0) is 23.8 Å². The van der Waals surface area contributed by atoms with Crippen molar-refractivity contribution < 1.29 is 42.2 Å². The van der Waals surface area contributed by atoms with Crippen LogP contribution in [0.1, 0.15) is 108 Å². The summed E-state index contributed by atoms with van der Waals surface area (Å²) in [5, 5.41) is 6.47. The molecule has 0 bridgehead atoms. The van der Waals surface area contributed by atoms with E-state index in [1.807, 2.05) is 0 Å². The molecule has 11 nitrogen and oxygen atoms in total. The number of ether oxygens (including phenoxy) is 3. The van der Waals surface area contributed by atoms with Crippen LogP contribution in [-0.4, -0.2) is 79.5 Å². The van der Waals surface area contributed by atoms with Crippen molar-refractivity contribution in [1.29, 1.82) is 0 Å². The number of likely N-dealkylation sites (tertiary alicyclic amines) is 1. The fraction of sp³-hybridized carbons (Fsp3) is 0.700. The topological polar surface area (TPSA) is 136 Å². The number of carbonyl (C=O) groups excluding carboxylic acids is 4. The lowest BCUT2D eigenvalue weighted by Gasteiger charge is -2.38. The van der Waals surface area contributed by atoms with Gasteiger partial charge in [-0.2, -0.15) is 0 Å². The SMILES string of the molecule is CO[C@H]1CC[C@H]([C@@H]2CCN(C(=O)[C@H]3CC[C@H]([C@@H](CF)NC(=O)OC(C)(C)C)CC3)[C@@H]2C(=O)Nc2ccc3oc(C(=O)OCC4CCC4)cc3c2)CC1. The smallest absolute Gasteiger partial charge is 0.407 e. The van der Waals surface area contributed by atoms with Gasteiger partial charge in [0.15, 0.2) is 0 Å². The van der Waals surface area contributed by atoms with E-state index in [0.717, 1.165) is 44.9 Å². The Morgan fingerprint density at radius 3 is 2.33 bits per heavy atom. The maximum Gasteiger partial charge on any atom is 0.407 e. The second-order valence-corrected chi connectivity index (χ2v) is 16.5. The predicted octanol–water partition coefficient (Wildman–Crippen LogP) is 7.42. The Kier molecular flexibility index (Phi) is 12.1. The average Bonchev–Trinajstić information content (AvgIpc) is 3.74. The first-order chi connectivity index (χ1) is 24.9. The number of nitrogens with one attached hydrogen (secondary N) is 2. The minimum atomic E-state index is -0.708. The minimum Gasteiger partial charge on any atom is -0.460 e. The van der Waals surface area contributed by atoms with Crippen LogP contribution in [0.4, 0.5) is 14.9 Å². The summed E-state index contributed by atoms with van der Waals surface area (Å²) in [6, 6.07) is 5.61. The summed E-state index contributed by atoms with van der Waals surface area (Å²) in [5.41, 5.74) is 0.392. The van der Waals surface area contributed by atoms with Crippen molar-refractivity contribution in [3.05, 3.63) is 30.0 Å². The second kappa shape index (κ2) is 16.6. The third-order valence-electron chi connectivity index (χ3n) is 11.9. The van der Waals surface area contributed by atoms with E-state index in [0.29, 0.717) is 67.3 Å². The summed E-state index contributed by atoms with van der Waals surface area (Å²) in [4.78, 5) is 55.3. The molecule has 1 aliphatic heterocycles. The fourth-order valence-corrected chi connectivity index (χ4v) is 8.75. The van der Waals surface area contributed by atoms with Gasteiger partial charge in [0.1, 0.15) is 23.9 Å². The van der Waals surface area contributed by atoms with Crippen molar-refractivity contribution in [3.8, 4) is 0 Å². The number of carbonyl (C=O) groups is 4. The molecule has 4 fully saturated rings. The molecule has 2 heterocycles. The van der Waals surface area contributed by atoms with Gasteiger partial charge in [0.2, 0.25) is 17.6 Å². The van der Waals surface area contributed by atoms with Gasteiger partial charge in [0.05, 0.1) is 18.8 Å². The number of amides is 3. The number of benzene rings is 1. The number of alkyl carbamates (subject to hydrolysis) is 1. The van der Waals surface area contributed by atoms with Crippen LogP contribution >= 0.6 is 0 Å². The van der Waals surface area contributed by atoms with Crippen LogP contribution in [0.15, 0.2) is 28.7 Å². The molecular weight excluding hydrogens is 669 g/mol. The van der Waals surface area contributed by atoms with Gasteiger partial charge in [-0.3, -0.25) is 9.59 Å². The minimum absolute atomic E-state index is 0.0155. The number of halogens is 1. The first kappa shape index (κ1) is 38.1. The number of esters is 1. The normalized spacial score (nSPS) is 27.4. The third-order valence-corrected chi connectivity index (χ3v) is 11.9. The lowest BCUT2D eigenvalue weighted by molar-refractivity contribution is -0.142. The number of alkyl halides is 1. The van der Waals surface area contributed by atoms with Crippen LogP contribution in [0, 0.1) is 29.6 Å². The average molecular weight is 726 g/mol. The molecule has 3 atom stereocenters. The standard InChI is InChI=1S/C40H56FN3O8/c1-40(2,3)52-39(48)43-32(22-41)26-8-10-27(11-9-26)37(46)44-19-18-31(25-12-15-30(49-4)16-13-25)35(44)36(45)42-29-14-17-33-28(20-29)21-34(51-33)38(47)50-23-24-6-5-7-24/h14,17,20-21,24-27,30-32,35H,5-13,15-16,18-19,22-23H2,1-4H3,(H,42,45)(H,43,48)/t25-,26-,27-,30-,31-,32+,35-/m0/s1. The van der Waals surface area contributed by atoms with Crippen molar-refractivity contribution in [2.24, 2.45) is 29.6 Å². The van der Waals surface area contributed by atoms with Crippen molar-refractivity contribution in [3.63, 3.8) is 0 Å². The number of methoxy groups -OCH3 is 1. The van der Waals surface area contributed by atoms with Gasteiger partial charge in [-0.05, 0) is 139 Å². The maximum absolute atomic E-state index is 14.3. The molecule has 1 aromatic heterocycles. The van der Waals surface area contributed by atoms with Crippen molar-refractivity contribution in [1.82, 2.24) is 10.2 Å². The molecule has 6 rings (SSSR count). The highest BCUT2D eigenvalue weighted by Gasteiger charge is 2.47. The van der Waals surface area contributed by atoms with E-state index < -0.39 is 36.4 Å². The Balaban J connectivity index is 1.12. The first-order valence-corrected chi connectivity index (χ1v) is 19.3. The molecule has 286 valence electrons. The molecular formula is C40H56FN3O8. The molecule has 12 heteroatoms. The fourth-order valence-electron chi connectivity index (χ4n) is 8.75. The number of anilines is 1. The largest absolute Gasteiger partial charge is 0.460 e. The maximum atomic E-state index is 14.3. The molecule has 0 radical (unpaired) electrons. The molecule has 52 heavy (non-hydrogen) atoms. The van der Waals surface area contributed by atoms with E-state index in [1.165, 1.54) is 6.42 Å². The number of rotatable bonds is 11. The number of hydrogen-bond donors (Lipinski definition) is 2. The Labute approximate surface area is 306 Å². The van der Waals surface area contributed by atoms with Gasteiger partial charge < -0.3 is 34.2 Å². The van der Waals surface area contributed by atoms with Crippen molar-refractivity contribution in [2.75, 3.05) is 32.3 Å². The highest BCUT2D eigenvalue weighted by atomic mass is 19.1. The number of furan rings is 1. The lowest BCUT2D eigenvalue weighted by Crippen LogP contribution is -2.50. The molecule has 2 aromatic rings. The van der Waals surface area contributed by atoms with Gasteiger partial charge in [-0.15, -0.1) is 0 Å². The Morgan fingerprint density at radius 2 is 1.69 bits per heavy atom. The molecule has 0 spiro atoms. The molecule has 3 saturated carbocycles. The number of fused-ring (bicyclic) bond motifs is 1. The number of nitrogens with zero attached hydrogens (tertiary/aromatic N) is 1. The summed E-state index contributed by atoms with van der Waals surface area (Å²) in [7, 11) is 1.74. The van der Waals surface area contributed by atoms with E-state index in [4.69, 9.17) is 18.6 Å². The third kappa shape index (κ3) is 9.09. The molecule has 1 aromatic carbocycles. The van der Waals surface area contributed by atoms with Crippen LogP contribution in [0.25, 0.3) is 11.0 Å². The summed E-state index contributed by atoms with van der Waals surface area (Å²) in [6.07, 6.45) is 9.71. The van der Waals surface area contributed by atoms with E-state index in [2.05, 4.69) is 10.6 Å². The summed E-state index contributed by atoms with van der Waals surface area (Å²) >= 11 is 0. The van der Waals surface area contributed by atoms with E-state index >= 15 is 0 Å². The number of hydrogen-bond acceptors (Lipinski definition) is 8. The molecule has 1 saturated heterocycles. The Hall–Kier alpha value is -3.67. The van der Waals surface area contributed by atoms with Gasteiger partial charge >= 0.3 is 12.1 Å². The summed E-state index contributed by atoms with van der Waals surface area (Å²) < 4.78 is 36.3. The highest BCUT2D eigenvalue weighted by molar-refractivity contribution is 6.00. The van der Waals surface area contributed by atoms with Gasteiger partial charge in [-0.25, -0.2) is 14.0 Å². The molecule has 4 aliphatic rings. The van der Waals surface area contributed by atoms with Crippen molar-refractivity contribution in [2.45, 2.75) is 122 Å². The Bertz CT molecular complexity index is 1570. The second-order valence-electron chi connectivity index (χ2n) is 16.5. The molecule has 3 amide bonds. The van der Waals surface area contributed by atoms with E-state index in [9.17, 15) is 23.6 Å². The summed E-state index contributed by atoms with van der Waals surface area (Å²) in [5.74, 6) is -0.260. The van der Waals surface area contributed by atoms with Crippen LogP contribution in [0.2, 0.25) is 0 Å². The monoisotopic (exact) mass is 725 g/mol. The zero-order valence-corrected chi connectivity index (χ0v) is 31.1. The zero-order valence-electron chi connectivity index (χ0n) is 31.1. The lowest BCUT2D eigenvalue weighted by atomic mass is 9.75. The van der Waals surface area contributed by atoms with Crippen LogP contribution < -0.4 is 10.6 Å². The zero-order chi connectivity index (χ0) is 37.0. The summed E-state index contributed by atoms with van der Waals surface area (Å²) in [6.45, 7) is 5.48.